The predicted octanol–water partition coefficient (Wildman–Crippen LogP) is 4.30. The van der Waals surface area contributed by atoms with E-state index in [0.29, 0.717) is 40.8 Å². The van der Waals surface area contributed by atoms with Crippen molar-refractivity contribution >= 4 is 34.0 Å². The molecule has 9 heteroatoms. The van der Waals surface area contributed by atoms with E-state index in [1.807, 2.05) is 0 Å². The van der Waals surface area contributed by atoms with Crippen LogP contribution >= 0.6 is 11.3 Å². The molecule has 36 heavy (non-hydrogen) atoms. The van der Waals surface area contributed by atoms with Crippen LogP contribution in [0.2, 0.25) is 0 Å². The van der Waals surface area contributed by atoms with Gasteiger partial charge in [0.2, 0.25) is 0 Å². The highest BCUT2D eigenvalue weighted by Crippen LogP contribution is 2.37. The van der Waals surface area contributed by atoms with Gasteiger partial charge in [-0.05, 0) is 55.5 Å². The number of carbonyl (C=O) groups excluding carboxylic acids is 3. The number of esters is 1. The van der Waals surface area contributed by atoms with Crippen molar-refractivity contribution in [2.24, 2.45) is 0 Å². The first-order valence-corrected chi connectivity index (χ1v) is 12.4. The molecule has 1 aliphatic carbocycles. The summed E-state index contributed by atoms with van der Waals surface area (Å²) in [7, 11) is 0. The Hall–Kier alpha value is -4.16. The summed E-state index contributed by atoms with van der Waals surface area (Å²) < 4.78 is 16.3. The molecular formula is C27H22N2O6S. The standard InChI is InChI=1S/C27H22N2O6S/c28-14-20-17-5-3-4-8-23(17)36-26(20)29-24(30)15-35-27(32)19-7-2-1-6-18(19)25(31)16-9-10-21-22(13-16)34-12-11-33-21/h1-2,6-7,9-10,13H,3-5,8,11-12,15H2,(H,29,30). The number of hydrogen-bond donors (Lipinski definition) is 1. The number of fused-ring (bicyclic) bond motifs is 2. The zero-order valence-electron chi connectivity index (χ0n) is 19.3. The second-order valence-electron chi connectivity index (χ2n) is 8.38. The van der Waals surface area contributed by atoms with Gasteiger partial charge in [0.25, 0.3) is 5.91 Å². The van der Waals surface area contributed by atoms with Crippen LogP contribution in [0, 0.1) is 11.3 Å². The highest BCUT2D eigenvalue weighted by molar-refractivity contribution is 7.16. The van der Waals surface area contributed by atoms with Gasteiger partial charge >= 0.3 is 5.97 Å². The second-order valence-corrected chi connectivity index (χ2v) is 9.49. The van der Waals surface area contributed by atoms with Crippen LogP contribution < -0.4 is 14.8 Å². The number of anilines is 1. The fourth-order valence-electron chi connectivity index (χ4n) is 4.34. The molecule has 0 spiro atoms. The summed E-state index contributed by atoms with van der Waals surface area (Å²) in [5, 5.41) is 12.7. The number of thiophene rings is 1. The lowest BCUT2D eigenvalue weighted by molar-refractivity contribution is -0.119. The number of nitrogens with one attached hydrogen (secondary N) is 1. The number of nitriles is 1. The normalized spacial score (nSPS) is 13.8. The smallest absolute Gasteiger partial charge is 0.339 e. The van der Waals surface area contributed by atoms with Crippen molar-refractivity contribution in [3.8, 4) is 17.6 Å². The first-order valence-electron chi connectivity index (χ1n) is 11.6. The summed E-state index contributed by atoms with van der Waals surface area (Å²) in [6, 6.07) is 13.3. The van der Waals surface area contributed by atoms with Gasteiger partial charge in [0, 0.05) is 16.0 Å². The van der Waals surface area contributed by atoms with Gasteiger partial charge in [0.15, 0.2) is 23.9 Å². The molecule has 0 atom stereocenters. The third kappa shape index (κ3) is 4.68. The van der Waals surface area contributed by atoms with Crippen LogP contribution in [0.5, 0.6) is 11.5 Å². The van der Waals surface area contributed by atoms with E-state index in [1.165, 1.54) is 23.5 Å². The van der Waals surface area contributed by atoms with Crippen LogP contribution in [-0.2, 0) is 22.4 Å². The van der Waals surface area contributed by atoms with E-state index in [4.69, 9.17) is 14.2 Å². The molecule has 0 radical (unpaired) electrons. The molecule has 8 nitrogen and oxygen atoms in total. The lowest BCUT2D eigenvalue weighted by Crippen LogP contribution is -2.22. The zero-order valence-corrected chi connectivity index (χ0v) is 20.1. The molecule has 1 aliphatic heterocycles. The molecule has 0 unspecified atom stereocenters. The number of nitrogens with zero attached hydrogens (tertiary/aromatic N) is 1. The summed E-state index contributed by atoms with van der Waals surface area (Å²) in [4.78, 5) is 39.7. The minimum Gasteiger partial charge on any atom is -0.486 e. The van der Waals surface area contributed by atoms with E-state index >= 15 is 0 Å². The van der Waals surface area contributed by atoms with Crippen molar-refractivity contribution in [2.45, 2.75) is 25.7 Å². The average molecular weight is 503 g/mol. The number of ether oxygens (including phenoxy) is 3. The molecule has 5 rings (SSSR count). The molecule has 1 aromatic heterocycles. The summed E-state index contributed by atoms with van der Waals surface area (Å²) >= 11 is 1.40. The molecule has 2 aliphatic rings. The van der Waals surface area contributed by atoms with Gasteiger partial charge in [-0.25, -0.2) is 4.79 Å². The quantitative estimate of drug-likeness (QED) is 0.395. The summed E-state index contributed by atoms with van der Waals surface area (Å²) in [5.74, 6) is -0.697. The molecule has 3 aromatic rings. The van der Waals surface area contributed by atoms with E-state index in [1.54, 1.807) is 30.3 Å². The van der Waals surface area contributed by atoms with Gasteiger partial charge in [-0.1, -0.05) is 18.2 Å². The topological polar surface area (TPSA) is 115 Å². The minimum absolute atomic E-state index is 0.0505. The molecular weight excluding hydrogens is 480 g/mol. The number of benzene rings is 2. The van der Waals surface area contributed by atoms with E-state index < -0.39 is 18.5 Å². The van der Waals surface area contributed by atoms with E-state index in [2.05, 4.69) is 11.4 Å². The number of carbonyl (C=O) groups is 3. The number of amides is 1. The third-order valence-corrected chi connectivity index (χ3v) is 7.27. The van der Waals surface area contributed by atoms with Crippen LogP contribution in [-0.4, -0.2) is 37.5 Å². The first-order chi connectivity index (χ1) is 17.5. The SMILES string of the molecule is N#Cc1c(NC(=O)COC(=O)c2ccccc2C(=O)c2ccc3c(c2)OCCO3)sc2c1CCCC2. The summed E-state index contributed by atoms with van der Waals surface area (Å²) in [5.41, 5.74) is 2.03. The Bertz CT molecular complexity index is 1400. The van der Waals surface area contributed by atoms with Crippen LogP contribution in [0.4, 0.5) is 5.00 Å². The zero-order chi connectivity index (χ0) is 25.1. The molecule has 2 aromatic carbocycles. The highest BCUT2D eigenvalue weighted by Gasteiger charge is 2.24. The second kappa shape index (κ2) is 10.2. The lowest BCUT2D eigenvalue weighted by atomic mass is 9.96. The Kier molecular flexibility index (Phi) is 6.69. The van der Waals surface area contributed by atoms with E-state index in [-0.39, 0.29) is 16.9 Å². The highest BCUT2D eigenvalue weighted by atomic mass is 32.1. The van der Waals surface area contributed by atoms with Gasteiger partial charge in [-0.15, -0.1) is 11.3 Å². The van der Waals surface area contributed by atoms with Crippen LogP contribution in [0.1, 0.15) is 55.1 Å². The number of rotatable bonds is 6. The van der Waals surface area contributed by atoms with Crippen LogP contribution in [0.15, 0.2) is 42.5 Å². The minimum atomic E-state index is -0.794. The van der Waals surface area contributed by atoms with Gasteiger partial charge in [-0.2, -0.15) is 5.26 Å². The van der Waals surface area contributed by atoms with Gasteiger partial charge in [0.1, 0.15) is 24.3 Å². The van der Waals surface area contributed by atoms with Crippen molar-refractivity contribution in [2.75, 3.05) is 25.1 Å². The van der Waals surface area contributed by atoms with Crippen molar-refractivity contribution < 1.29 is 28.6 Å². The molecule has 0 saturated carbocycles. The summed E-state index contributed by atoms with van der Waals surface area (Å²) in [6.07, 6.45) is 3.81. The predicted molar refractivity (Wildman–Crippen MR) is 132 cm³/mol. The van der Waals surface area contributed by atoms with Crippen LogP contribution in [0.3, 0.4) is 0 Å². The maximum atomic E-state index is 13.2. The number of aryl methyl sites for hydroxylation is 1. The van der Waals surface area contributed by atoms with Crippen molar-refractivity contribution in [1.82, 2.24) is 0 Å². The monoisotopic (exact) mass is 502 g/mol. The maximum absolute atomic E-state index is 13.2. The lowest BCUT2D eigenvalue weighted by Gasteiger charge is -2.18. The largest absolute Gasteiger partial charge is 0.486 e. The number of ketones is 1. The van der Waals surface area contributed by atoms with E-state index in [9.17, 15) is 19.6 Å². The Morgan fingerprint density at radius 2 is 1.75 bits per heavy atom. The molecule has 1 amide bonds. The van der Waals surface area contributed by atoms with Crippen LogP contribution in [0.25, 0.3) is 0 Å². The molecule has 182 valence electrons. The molecule has 2 heterocycles. The van der Waals surface area contributed by atoms with E-state index in [0.717, 1.165) is 36.1 Å². The van der Waals surface area contributed by atoms with Gasteiger partial charge in [-0.3, -0.25) is 9.59 Å². The fourth-order valence-corrected chi connectivity index (χ4v) is 5.60. The molecule has 0 fully saturated rings. The third-order valence-electron chi connectivity index (χ3n) is 6.07. The van der Waals surface area contributed by atoms with Crippen molar-refractivity contribution in [3.63, 3.8) is 0 Å². The Balaban J connectivity index is 1.27. The first kappa shape index (κ1) is 23.6. The Morgan fingerprint density at radius 1 is 1.00 bits per heavy atom. The average Bonchev–Trinajstić information content (AvgIpc) is 3.27. The fraction of sp³-hybridized carbons (Fsp3) is 0.259. The summed E-state index contributed by atoms with van der Waals surface area (Å²) in [6.45, 7) is 0.285. The Labute approximate surface area is 211 Å². The Morgan fingerprint density at radius 3 is 2.56 bits per heavy atom. The number of hydrogen-bond acceptors (Lipinski definition) is 8. The molecule has 0 bridgehead atoms. The molecule has 0 saturated heterocycles. The van der Waals surface area contributed by atoms with Crippen molar-refractivity contribution in [3.05, 3.63) is 75.2 Å². The molecule has 1 N–H and O–H groups in total. The maximum Gasteiger partial charge on any atom is 0.339 e. The van der Waals surface area contributed by atoms with Gasteiger partial charge in [0.05, 0.1) is 11.1 Å². The van der Waals surface area contributed by atoms with Crippen molar-refractivity contribution in [1.29, 1.82) is 5.26 Å². The van der Waals surface area contributed by atoms with Gasteiger partial charge < -0.3 is 19.5 Å².